The lowest BCUT2D eigenvalue weighted by atomic mass is 9.94. The van der Waals surface area contributed by atoms with Gasteiger partial charge in [-0.3, -0.25) is 0 Å². The van der Waals surface area contributed by atoms with E-state index >= 15 is 0 Å². The second-order valence-corrected chi connectivity index (χ2v) is 4.68. The van der Waals surface area contributed by atoms with Crippen LogP contribution in [0.3, 0.4) is 0 Å². The summed E-state index contributed by atoms with van der Waals surface area (Å²) < 4.78 is 5.46. The monoisotopic (exact) mass is 247 g/mol. The van der Waals surface area contributed by atoms with Crippen molar-refractivity contribution in [2.75, 3.05) is 13.2 Å². The molecule has 98 valence electrons. The maximum atomic E-state index is 5.46. The van der Waals surface area contributed by atoms with Crippen molar-refractivity contribution >= 4 is 0 Å². The van der Waals surface area contributed by atoms with Gasteiger partial charge in [-0.15, -0.1) is 0 Å². The molecule has 0 aliphatic carbocycles. The quantitative estimate of drug-likeness (QED) is 0.887. The average molecular weight is 247 g/mol. The lowest BCUT2D eigenvalue weighted by Gasteiger charge is -2.25. The minimum atomic E-state index is 0.199. The molecule has 4 nitrogen and oxygen atoms in total. The van der Waals surface area contributed by atoms with Crippen LogP contribution in [0.4, 0.5) is 0 Å². The molecule has 2 heterocycles. The van der Waals surface area contributed by atoms with E-state index in [1.54, 1.807) is 0 Å². The summed E-state index contributed by atoms with van der Waals surface area (Å²) in [6.45, 7) is 7.85. The molecule has 0 spiro atoms. The number of nitrogens with zero attached hydrogens (tertiary/aromatic N) is 2. The van der Waals surface area contributed by atoms with Gasteiger partial charge in [0.15, 0.2) is 0 Å². The molecule has 1 aliphatic heterocycles. The van der Waals surface area contributed by atoms with Crippen LogP contribution in [-0.4, -0.2) is 23.3 Å². The third-order valence-corrected chi connectivity index (χ3v) is 3.19. The number of aromatic nitrogens is 2. The highest BCUT2D eigenvalue weighted by Crippen LogP contribution is 2.29. The van der Waals surface area contributed by atoms with Crippen molar-refractivity contribution in [1.82, 2.24) is 15.5 Å². The molecule has 4 heteroatoms. The second-order valence-electron chi connectivity index (χ2n) is 4.68. The van der Waals surface area contributed by atoms with Crippen LogP contribution in [0.2, 0.25) is 0 Å². The summed E-state index contributed by atoms with van der Waals surface area (Å²) in [5.41, 5.74) is 4.45. The molecule has 0 amide bonds. The first-order valence-corrected chi connectivity index (χ1v) is 6.57. The summed E-state index contributed by atoms with van der Waals surface area (Å²) in [7, 11) is 0. The van der Waals surface area contributed by atoms with Gasteiger partial charge in [-0.25, -0.2) is 0 Å². The summed E-state index contributed by atoms with van der Waals surface area (Å²) in [5.74, 6) is 0. The Morgan fingerprint density at radius 3 is 2.89 bits per heavy atom. The molecule has 2 rings (SSSR count). The van der Waals surface area contributed by atoms with Crippen LogP contribution in [0.25, 0.3) is 0 Å². The Morgan fingerprint density at radius 2 is 2.22 bits per heavy atom. The molecule has 1 unspecified atom stereocenters. The number of likely N-dealkylation sites (N-methyl/N-ethyl adjacent to an activating group) is 1. The van der Waals surface area contributed by atoms with E-state index in [1.165, 1.54) is 11.1 Å². The Labute approximate surface area is 108 Å². The van der Waals surface area contributed by atoms with Gasteiger partial charge in [0.1, 0.15) is 0 Å². The Kier molecular flexibility index (Phi) is 4.31. The van der Waals surface area contributed by atoms with Crippen LogP contribution in [0.5, 0.6) is 0 Å². The van der Waals surface area contributed by atoms with Crippen molar-refractivity contribution < 1.29 is 4.74 Å². The summed E-state index contributed by atoms with van der Waals surface area (Å²) >= 11 is 0. The van der Waals surface area contributed by atoms with E-state index < -0.39 is 0 Å². The predicted octanol–water partition coefficient (Wildman–Crippen LogP) is 2.44. The van der Waals surface area contributed by atoms with Gasteiger partial charge in [0.05, 0.1) is 30.3 Å². The largest absolute Gasteiger partial charge is 0.501 e. The van der Waals surface area contributed by atoms with Crippen molar-refractivity contribution in [3.63, 3.8) is 0 Å². The average Bonchev–Trinajstić information content (AvgIpc) is 2.40. The molecular formula is C14H21N3O. The van der Waals surface area contributed by atoms with E-state index in [4.69, 9.17) is 4.74 Å². The molecule has 0 aromatic carbocycles. The molecule has 0 saturated heterocycles. The van der Waals surface area contributed by atoms with Gasteiger partial charge < -0.3 is 10.1 Å². The van der Waals surface area contributed by atoms with Crippen molar-refractivity contribution in [1.29, 1.82) is 0 Å². The van der Waals surface area contributed by atoms with Crippen LogP contribution in [-0.2, 0) is 4.74 Å². The van der Waals surface area contributed by atoms with Gasteiger partial charge in [-0.1, -0.05) is 6.92 Å². The number of rotatable bonds is 4. The minimum absolute atomic E-state index is 0.199. The molecule has 1 aromatic rings. The first kappa shape index (κ1) is 13.0. The van der Waals surface area contributed by atoms with Gasteiger partial charge in [0.25, 0.3) is 0 Å². The number of hydrogen-bond donors (Lipinski definition) is 1. The van der Waals surface area contributed by atoms with Crippen LogP contribution < -0.4 is 5.32 Å². The zero-order valence-corrected chi connectivity index (χ0v) is 11.4. The molecule has 1 atom stereocenters. The first-order chi connectivity index (χ1) is 8.72. The summed E-state index contributed by atoms with van der Waals surface area (Å²) in [5, 5.41) is 11.8. The Morgan fingerprint density at radius 1 is 1.39 bits per heavy atom. The third kappa shape index (κ3) is 2.88. The molecular weight excluding hydrogens is 226 g/mol. The topological polar surface area (TPSA) is 47.0 Å². The van der Waals surface area contributed by atoms with E-state index in [0.717, 1.165) is 37.4 Å². The van der Waals surface area contributed by atoms with E-state index in [2.05, 4.69) is 28.5 Å². The fourth-order valence-electron chi connectivity index (χ4n) is 2.30. The first-order valence-electron chi connectivity index (χ1n) is 6.57. The molecule has 0 fully saturated rings. The van der Waals surface area contributed by atoms with Crippen molar-refractivity contribution in [2.24, 2.45) is 0 Å². The van der Waals surface area contributed by atoms with Crippen LogP contribution in [0.1, 0.15) is 42.8 Å². The van der Waals surface area contributed by atoms with Crippen molar-refractivity contribution in [2.45, 2.75) is 39.7 Å². The standard InChI is InChI=1S/C14H21N3O/c1-4-15-14(12-6-5-7-18-9-12)13-8-10(2)16-17-11(13)3/h8-9,14-15H,4-7H2,1-3H3. The molecule has 1 aliphatic rings. The normalized spacial score (nSPS) is 16.9. The van der Waals surface area contributed by atoms with Gasteiger partial charge in [-0.2, -0.15) is 10.2 Å². The molecule has 1 N–H and O–H groups in total. The zero-order chi connectivity index (χ0) is 13.0. The predicted molar refractivity (Wildman–Crippen MR) is 71.2 cm³/mol. The minimum Gasteiger partial charge on any atom is -0.501 e. The van der Waals surface area contributed by atoms with Gasteiger partial charge in [0, 0.05) is 0 Å². The summed E-state index contributed by atoms with van der Waals surface area (Å²) in [6.07, 6.45) is 4.08. The lowest BCUT2D eigenvalue weighted by Crippen LogP contribution is -2.25. The molecule has 0 bridgehead atoms. The summed E-state index contributed by atoms with van der Waals surface area (Å²) in [6, 6.07) is 2.31. The van der Waals surface area contributed by atoms with Gasteiger partial charge >= 0.3 is 0 Å². The Bertz CT molecular complexity index is 443. The van der Waals surface area contributed by atoms with Crippen LogP contribution in [0.15, 0.2) is 17.9 Å². The van der Waals surface area contributed by atoms with E-state index in [9.17, 15) is 0 Å². The van der Waals surface area contributed by atoms with Crippen molar-refractivity contribution in [3.8, 4) is 0 Å². The molecule has 0 saturated carbocycles. The van der Waals surface area contributed by atoms with Crippen LogP contribution >= 0.6 is 0 Å². The fourth-order valence-corrected chi connectivity index (χ4v) is 2.30. The fraction of sp³-hybridized carbons (Fsp3) is 0.571. The smallest absolute Gasteiger partial charge is 0.0876 e. The second kappa shape index (κ2) is 5.96. The zero-order valence-electron chi connectivity index (χ0n) is 11.4. The molecule has 18 heavy (non-hydrogen) atoms. The maximum absolute atomic E-state index is 5.46. The van der Waals surface area contributed by atoms with Gasteiger partial charge in [0.2, 0.25) is 0 Å². The molecule has 1 aromatic heterocycles. The van der Waals surface area contributed by atoms with E-state index in [0.29, 0.717) is 0 Å². The van der Waals surface area contributed by atoms with E-state index in [1.807, 2.05) is 20.1 Å². The Balaban J connectivity index is 2.34. The number of nitrogens with one attached hydrogen (secondary N) is 1. The highest BCUT2D eigenvalue weighted by molar-refractivity contribution is 5.31. The number of hydrogen-bond acceptors (Lipinski definition) is 4. The number of ether oxygens (including phenoxy) is 1. The van der Waals surface area contributed by atoms with Crippen LogP contribution in [0, 0.1) is 13.8 Å². The number of aryl methyl sites for hydroxylation is 2. The Hall–Kier alpha value is -1.42. The SMILES string of the molecule is CCNC(C1=COCCC1)c1cc(C)nnc1C. The summed E-state index contributed by atoms with van der Waals surface area (Å²) in [4.78, 5) is 0. The lowest BCUT2D eigenvalue weighted by molar-refractivity contribution is 0.219. The highest BCUT2D eigenvalue weighted by atomic mass is 16.5. The highest BCUT2D eigenvalue weighted by Gasteiger charge is 2.20. The maximum Gasteiger partial charge on any atom is 0.0876 e. The third-order valence-electron chi connectivity index (χ3n) is 3.19. The molecule has 0 radical (unpaired) electrons. The van der Waals surface area contributed by atoms with Crippen molar-refractivity contribution in [3.05, 3.63) is 34.9 Å². The van der Waals surface area contributed by atoms with E-state index in [-0.39, 0.29) is 6.04 Å². The van der Waals surface area contributed by atoms with Gasteiger partial charge in [-0.05, 0) is 50.4 Å².